The Kier molecular flexibility index (Phi) is 9.81. The van der Waals surface area contributed by atoms with Crippen LogP contribution in [0.25, 0.3) is 66.4 Å². The zero-order chi connectivity index (χ0) is 43.9. The summed E-state index contributed by atoms with van der Waals surface area (Å²) in [6, 6.07) is 99.9. The zero-order valence-corrected chi connectivity index (χ0v) is 36.4. The first-order valence-electron chi connectivity index (χ1n) is 22.8. The molecule has 0 saturated heterocycles. The fourth-order valence-electron chi connectivity index (χ4n) is 10.5. The van der Waals surface area contributed by atoms with Crippen molar-refractivity contribution in [3.63, 3.8) is 0 Å². The predicted molar refractivity (Wildman–Crippen MR) is 278 cm³/mol. The van der Waals surface area contributed by atoms with Gasteiger partial charge in [-0.2, -0.15) is 0 Å². The first-order valence-corrected chi connectivity index (χ1v) is 22.8. The second-order valence-corrected chi connectivity index (χ2v) is 17.2. The summed E-state index contributed by atoms with van der Waals surface area (Å²) in [5, 5.41) is 2.50. The summed E-state index contributed by atoms with van der Waals surface area (Å²) in [6.07, 6.45) is 0. The van der Waals surface area contributed by atoms with E-state index in [0.717, 1.165) is 17.1 Å². The van der Waals surface area contributed by atoms with Crippen molar-refractivity contribution in [1.82, 2.24) is 0 Å². The minimum Gasteiger partial charge on any atom is -0.311 e. The van der Waals surface area contributed by atoms with E-state index < -0.39 is 5.41 Å². The van der Waals surface area contributed by atoms with Crippen molar-refractivity contribution in [2.24, 2.45) is 0 Å². The smallest absolute Gasteiger partial charge is 0.0713 e. The molecular weight excluding hydrogens is 795 g/mol. The molecule has 0 amide bonds. The van der Waals surface area contributed by atoms with E-state index in [0.29, 0.717) is 0 Å². The highest BCUT2D eigenvalue weighted by atomic mass is 15.1. The highest BCUT2D eigenvalue weighted by Gasteiger charge is 2.45. The molecule has 66 heavy (non-hydrogen) atoms. The zero-order valence-electron chi connectivity index (χ0n) is 36.4. The van der Waals surface area contributed by atoms with Crippen molar-refractivity contribution < 1.29 is 0 Å². The standard InChI is InChI=1S/C65H45N/c1-3-16-46(17-4-1)51-20-13-21-52(44-51)47-32-38-56(39-33-47)66(58-42-36-50(37-43-58)60-29-15-19-49-18-7-8-26-59(49)60)57-40-34-48(35-41-57)53-22-14-25-55(45-53)65(54-23-5-2-6-24-54)63-30-11-9-27-61(63)62-28-10-12-31-64(62)65/h1-45H. The molecule has 0 spiro atoms. The lowest BCUT2D eigenvalue weighted by Crippen LogP contribution is -2.28. The molecular formula is C65H45N. The minimum absolute atomic E-state index is 0.450. The Hall–Kier alpha value is -8.52. The molecule has 0 radical (unpaired) electrons. The van der Waals surface area contributed by atoms with Crippen molar-refractivity contribution in [3.8, 4) is 55.6 Å². The number of fused-ring (bicyclic) bond motifs is 4. The lowest BCUT2D eigenvalue weighted by atomic mass is 9.67. The highest BCUT2D eigenvalue weighted by Crippen LogP contribution is 2.56. The van der Waals surface area contributed by atoms with Gasteiger partial charge in [0.05, 0.1) is 5.41 Å². The third-order valence-electron chi connectivity index (χ3n) is 13.6. The van der Waals surface area contributed by atoms with Gasteiger partial charge in [0.2, 0.25) is 0 Å². The highest BCUT2D eigenvalue weighted by molar-refractivity contribution is 5.97. The molecule has 310 valence electrons. The van der Waals surface area contributed by atoms with Gasteiger partial charge in [-0.15, -0.1) is 0 Å². The van der Waals surface area contributed by atoms with E-state index in [1.54, 1.807) is 0 Å². The van der Waals surface area contributed by atoms with Gasteiger partial charge in [0.15, 0.2) is 0 Å². The molecule has 0 fully saturated rings. The molecule has 0 aliphatic heterocycles. The van der Waals surface area contributed by atoms with Gasteiger partial charge < -0.3 is 4.90 Å². The van der Waals surface area contributed by atoms with Crippen LogP contribution < -0.4 is 4.90 Å². The van der Waals surface area contributed by atoms with Crippen LogP contribution >= 0.6 is 0 Å². The van der Waals surface area contributed by atoms with Crippen LogP contribution in [0.3, 0.4) is 0 Å². The Bertz CT molecular complexity index is 3450. The number of anilines is 3. The quantitative estimate of drug-likeness (QED) is 0.140. The molecule has 0 bridgehead atoms. The normalized spacial score (nSPS) is 12.4. The van der Waals surface area contributed by atoms with Crippen LogP contribution in [0, 0.1) is 0 Å². The van der Waals surface area contributed by atoms with E-state index in [4.69, 9.17) is 0 Å². The Morgan fingerprint density at radius 2 is 0.636 bits per heavy atom. The van der Waals surface area contributed by atoms with Gasteiger partial charge >= 0.3 is 0 Å². The summed E-state index contributed by atoms with van der Waals surface area (Å²) < 4.78 is 0. The van der Waals surface area contributed by atoms with Gasteiger partial charge in [0.25, 0.3) is 0 Å². The Morgan fingerprint density at radius 3 is 1.24 bits per heavy atom. The summed E-state index contributed by atoms with van der Waals surface area (Å²) in [7, 11) is 0. The van der Waals surface area contributed by atoms with Crippen molar-refractivity contribution in [2.45, 2.75) is 5.41 Å². The maximum absolute atomic E-state index is 2.41. The SMILES string of the molecule is c1ccc(-c2cccc(-c3ccc(N(c4ccc(-c5cccc(C6(c7ccccc7)c7ccccc7-c7ccccc76)c5)cc4)c4ccc(-c5cccc6ccccc56)cc4)cc3)c2)cc1. The van der Waals surface area contributed by atoms with Gasteiger partial charge in [-0.05, 0) is 137 Å². The van der Waals surface area contributed by atoms with Crippen LogP contribution in [0.4, 0.5) is 17.1 Å². The third kappa shape index (κ3) is 6.73. The molecule has 0 N–H and O–H groups in total. The molecule has 0 unspecified atom stereocenters. The molecule has 0 atom stereocenters. The fraction of sp³-hybridized carbons (Fsp3) is 0.0154. The predicted octanol–water partition coefficient (Wildman–Crippen LogP) is 17.3. The van der Waals surface area contributed by atoms with Crippen LogP contribution in [0.15, 0.2) is 273 Å². The molecule has 11 aromatic carbocycles. The van der Waals surface area contributed by atoms with Gasteiger partial charge in [0, 0.05) is 17.1 Å². The van der Waals surface area contributed by atoms with Crippen LogP contribution in [0.5, 0.6) is 0 Å². The molecule has 1 heteroatoms. The summed E-state index contributed by atoms with van der Waals surface area (Å²) in [6.45, 7) is 0. The summed E-state index contributed by atoms with van der Waals surface area (Å²) in [5.41, 5.74) is 20.2. The monoisotopic (exact) mass is 839 g/mol. The lowest BCUT2D eigenvalue weighted by molar-refractivity contribution is 0.769. The van der Waals surface area contributed by atoms with E-state index in [1.165, 1.54) is 88.7 Å². The number of nitrogens with zero attached hydrogens (tertiary/aromatic N) is 1. The molecule has 1 aliphatic carbocycles. The van der Waals surface area contributed by atoms with Crippen LogP contribution in [-0.2, 0) is 5.41 Å². The fourth-order valence-corrected chi connectivity index (χ4v) is 10.5. The number of rotatable bonds is 9. The third-order valence-corrected chi connectivity index (χ3v) is 13.6. The maximum Gasteiger partial charge on any atom is 0.0713 e. The summed E-state index contributed by atoms with van der Waals surface area (Å²) in [5.74, 6) is 0. The average molecular weight is 840 g/mol. The molecule has 0 saturated carbocycles. The topological polar surface area (TPSA) is 3.24 Å². The van der Waals surface area contributed by atoms with Gasteiger partial charge in [-0.25, -0.2) is 0 Å². The van der Waals surface area contributed by atoms with Crippen molar-refractivity contribution in [2.75, 3.05) is 4.90 Å². The van der Waals surface area contributed by atoms with Crippen molar-refractivity contribution in [1.29, 1.82) is 0 Å². The second kappa shape index (κ2) is 16.6. The van der Waals surface area contributed by atoms with E-state index in [-0.39, 0.29) is 0 Å². The Morgan fingerprint density at radius 1 is 0.242 bits per heavy atom. The Labute approximate surface area is 387 Å². The van der Waals surface area contributed by atoms with E-state index >= 15 is 0 Å². The van der Waals surface area contributed by atoms with Crippen molar-refractivity contribution >= 4 is 27.8 Å². The largest absolute Gasteiger partial charge is 0.311 e. The summed E-state index contributed by atoms with van der Waals surface area (Å²) in [4.78, 5) is 2.37. The average Bonchev–Trinajstić information content (AvgIpc) is 3.71. The molecule has 1 nitrogen and oxygen atoms in total. The molecule has 0 aromatic heterocycles. The van der Waals surface area contributed by atoms with Gasteiger partial charge in [-0.1, -0.05) is 224 Å². The number of hydrogen-bond donors (Lipinski definition) is 0. The minimum atomic E-state index is -0.450. The molecule has 11 aromatic rings. The molecule has 12 rings (SSSR count). The van der Waals surface area contributed by atoms with Crippen LogP contribution in [0.2, 0.25) is 0 Å². The van der Waals surface area contributed by atoms with E-state index in [1.807, 2.05) is 0 Å². The molecule has 1 aliphatic rings. The first kappa shape index (κ1) is 39.1. The number of benzene rings is 11. The van der Waals surface area contributed by atoms with E-state index in [9.17, 15) is 0 Å². The lowest BCUT2D eigenvalue weighted by Gasteiger charge is -2.34. The van der Waals surface area contributed by atoms with Crippen molar-refractivity contribution in [3.05, 3.63) is 295 Å². The summed E-state index contributed by atoms with van der Waals surface area (Å²) >= 11 is 0. The van der Waals surface area contributed by atoms with Crippen LogP contribution in [-0.4, -0.2) is 0 Å². The van der Waals surface area contributed by atoms with E-state index in [2.05, 4.69) is 278 Å². The molecule has 0 heterocycles. The first-order chi connectivity index (χ1) is 32.7. The van der Waals surface area contributed by atoms with Crippen LogP contribution in [0.1, 0.15) is 22.3 Å². The second-order valence-electron chi connectivity index (χ2n) is 17.2. The Balaban J connectivity index is 0.935. The maximum atomic E-state index is 2.41. The van der Waals surface area contributed by atoms with Gasteiger partial charge in [-0.3, -0.25) is 0 Å². The number of hydrogen-bond acceptors (Lipinski definition) is 1. The van der Waals surface area contributed by atoms with Gasteiger partial charge in [0.1, 0.15) is 0 Å².